The smallest absolute Gasteiger partial charge is 0.153 e. The van der Waals surface area contributed by atoms with E-state index >= 15 is 0 Å². The van der Waals surface area contributed by atoms with Gasteiger partial charge in [0.2, 0.25) is 0 Å². The zero-order valence-electron chi connectivity index (χ0n) is 10.1. The number of rotatable bonds is 4. The molecule has 18 heavy (non-hydrogen) atoms. The fraction of sp³-hybridized carbons (Fsp3) is 0.133. The van der Waals surface area contributed by atoms with Gasteiger partial charge in [0.25, 0.3) is 0 Å². The molecular weight excluding hydrogens is 244 g/mol. The molecule has 0 aliphatic heterocycles. The molecule has 0 aliphatic rings. The minimum Gasteiger partial charge on any atom is -0.507 e. The Kier molecular flexibility index (Phi) is 4.05. The minimum atomic E-state index is 0.0549. The van der Waals surface area contributed by atoms with Crippen LogP contribution in [0.15, 0.2) is 47.4 Å². The molecule has 1 N–H and O–H groups in total. The summed E-state index contributed by atoms with van der Waals surface area (Å²) in [4.78, 5) is 11.9. The molecule has 0 atom stereocenters. The number of hydrogen-bond acceptors (Lipinski definition) is 3. The van der Waals surface area contributed by atoms with E-state index in [-0.39, 0.29) is 5.75 Å². The number of aryl methyl sites for hydroxylation is 1. The van der Waals surface area contributed by atoms with Gasteiger partial charge in [-0.05, 0) is 42.3 Å². The van der Waals surface area contributed by atoms with E-state index in [1.807, 2.05) is 25.1 Å². The van der Waals surface area contributed by atoms with E-state index in [9.17, 15) is 9.90 Å². The number of carbonyl (C=O) groups excluding carboxylic acids is 1. The molecule has 0 aliphatic carbocycles. The lowest BCUT2D eigenvalue weighted by Crippen LogP contribution is -1.91. The minimum absolute atomic E-state index is 0.0549. The van der Waals surface area contributed by atoms with Crippen LogP contribution in [0.1, 0.15) is 21.5 Å². The van der Waals surface area contributed by atoms with Gasteiger partial charge in [-0.2, -0.15) is 0 Å². The van der Waals surface area contributed by atoms with Crippen molar-refractivity contribution in [2.75, 3.05) is 0 Å². The summed E-state index contributed by atoms with van der Waals surface area (Å²) in [5, 5.41) is 9.67. The van der Waals surface area contributed by atoms with Gasteiger partial charge in [-0.1, -0.05) is 18.2 Å². The van der Waals surface area contributed by atoms with Crippen LogP contribution in [-0.4, -0.2) is 11.4 Å². The molecular formula is C15H14O2S. The summed E-state index contributed by atoms with van der Waals surface area (Å²) in [5.41, 5.74) is 2.42. The standard InChI is InChI=1S/C15H14O2S/c1-11-7-12(9-16)15(17)8-13(11)10-18-14-5-3-2-4-6-14/h2-9,17H,10H2,1H3. The second kappa shape index (κ2) is 5.74. The Hall–Kier alpha value is -1.74. The van der Waals surface area contributed by atoms with Gasteiger partial charge in [-0.25, -0.2) is 0 Å². The summed E-state index contributed by atoms with van der Waals surface area (Å²) in [6, 6.07) is 13.5. The first-order valence-electron chi connectivity index (χ1n) is 5.66. The Balaban J connectivity index is 2.15. The van der Waals surface area contributed by atoms with Crippen molar-refractivity contribution in [1.29, 1.82) is 0 Å². The molecule has 0 amide bonds. The van der Waals surface area contributed by atoms with E-state index in [1.54, 1.807) is 23.9 Å². The first kappa shape index (κ1) is 12.7. The van der Waals surface area contributed by atoms with E-state index in [0.29, 0.717) is 11.8 Å². The number of aromatic hydroxyl groups is 1. The fourth-order valence-corrected chi connectivity index (χ4v) is 2.67. The van der Waals surface area contributed by atoms with Crippen molar-refractivity contribution in [2.24, 2.45) is 0 Å². The van der Waals surface area contributed by atoms with Crippen molar-refractivity contribution in [3.8, 4) is 5.75 Å². The maximum Gasteiger partial charge on any atom is 0.153 e. The molecule has 0 saturated heterocycles. The van der Waals surface area contributed by atoms with E-state index in [0.717, 1.165) is 16.9 Å². The SMILES string of the molecule is Cc1cc(C=O)c(O)cc1CSc1ccccc1. The normalized spacial score (nSPS) is 10.3. The van der Waals surface area contributed by atoms with Gasteiger partial charge in [0.05, 0.1) is 5.56 Å². The first-order chi connectivity index (χ1) is 8.70. The topological polar surface area (TPSA) is 37.3 Å². The van der Waals surface area contributed by atoms with Gasteiger partial charge in [0.15, 0.2) is 6.29 Å². The molecule has 92 valence electrons. The van der Waals surface area contributed by atoms with Gasteiger partial charge in [-0.3, -0.25) is 4.79 Å². The number of hydrogen-bond donors (Lipinski definition) is 1. The van der Waals surface area contributed by atoms with Gasteiger partial charge < -0.3 is 5.11 Å². The van der Waals surface area contributed by atoms with Crippen molar-refractivity contribution in [3.63, 3.8) is 0 Å². The van der Waals surface area contributed by atoms with Crippen molar-refractivity contribution in [1.82, 2.24) is 0 Å². The zero-order chi connectivity index (χ0) is 13.0. The molecule has 0 saturated carbocycles. The molecule has 2 aromatic carbocycles. The number of thioether (sulfide) groups is 1. The second-order valence-corrected chi connectivity index (χ2v) is 5.11. The molecule has 0 bridgehead atoms. The third-order valence-corrected chi connectivity index (χ3v) is 3.81. The van der Waals surface area contributed by atoms with Crippen LogP contribution in [0.4, 0.5) is 0 Å². The summed E-state index contributed by atoms with van der Waals surface area (Å²) in [7, 11) is 0. The Morgan fingerprint density at radius 3 is 2.61 bits per heavy atom. The van der Waals surface area contributed by atoms with E-state index in [4.69, 9.17) is 0 Å². The van der Waals surface area contributed by atoms with Crippen LogP contribution < -0.4 is 0 Å². The van der Waals surface area contributed by atoms with Crippen LogP contribution in [0.5, 0.6) is 5.75 Å². The largest absolute Gasteiger partial charge is 0.507 e. The molecule has 2 aromatic rings. The maximum absolute atomic E-state index is 10.7. The van der Waals surface area contributed by atoms with Crippen LogP contribution in [-0.2, 0) is 5.75 Å². The molecule has 0 aromatic heterocycles. The highest BCUT2D eigenvalue weighted by molar-refractivity contribution is 7.98. The maximum atomic E-state index is 10.7. The number of phenols is 1. The van der Waals surface area contributed by atoms with Gasteiger partial charge in [-0.15, -0.1) is 11.8 Å². The molecule has 2 rings (SSSR count). The summed E-state index contributed by atoms with van der Waals surface area (Å²) < 4.78 is 0. The molecule has 0 radical (unpaired) electrons. The highest BCUT2D eigenvalue weighted by atomic mass is 32.2. The second-order valence-electron chi connectivity index (χ2n) is 4.06. The number of benzene rings is 2. The molecule has 0 spiro atoms. The monoisotopic (exact) mass is 258 g/mol. The van der Waals surface area contributed by atoms with Crippen LogP contribution in [0.2, 0.25) is 0 Å². The zero-order valence-corrected chi connectivity index (χ0v) is 10.9. The summed E-state index contributed by atoms with van der Waals surface area (Å²) in [6.07, 6.45) is 0.677. The summed E-state index contributed by atoms with van der Waals surface area (Å²) in [6.45, 7) is 1.95. The van der Waals surface area contributed by atoms with Crippen LogP contribution in [0.3, 0.4) is 0 Å². The lowest BCUT2D eigenvalue weighted by atomic mass is 10.1. The van der Waals surface area contributed by atoms with Crippen molar-refractivity contribution in [3.05, 3.63) is 59.2 Å². The van der Waals surface area contributed by atoms with Gasteiger partial charge in [0, 0.05) is 10.6 Å². The van der Waals surface area contributed by atoms with E-state index in [2.05, 4.69) is 12.1 Å². The molecule has 3 heteroatoms. The average Bonchev–Trinajstić information content (AvgIpc) is 2.40. The third kappa shape index (κ3) is 2.93. The van der Waals surface area contributed by atoms with Crippen LogP contribution >= 0.6 is 11.8 Å². The third-order valence-electron chi connectivity index (χ3n) is 2.75. The van der Waals surface area contributed by atoms with Gasteiger partial charge in [0.1, 0.15) is 5.75 Å². The Bertz CT molecular complexity index is 550. The van der Waals surface area contributed by atoms with Crippen molar-refractivity contribution in [2.45, 2.75) is 17.6 Å². The Morgan fingerprint density at radius 1 is 1.22 bits per heavy atom. The van der Waals surface area contributed by atoms with Crippen LogP contribution in [0.25, 0.3) is 0 Å². The number of aldehydes is 1. The average molecular weight is 258 g/mol. The van der Waals surface area contributed by atoms with E-state index < -0.39 is 0 Å². The van der Waals surface area contributed by atoms with Gasteiger partial charge >= 0.3 is 0 Å². The predicted molar refractivity (Wildman–Crippen MR) is 74.2 cm³/mol. The molecule has 0 unspecified atom stereocenters. The van der Waals surface area contributed by atoms with Crippen LogP contribution in [0, 0.1) is 6.92 Å². The predicted octanol–water partition coefficient (Wildman–Crippen LogP) is 3.81. The Morgan fingerprint density at radius 2 is 1.94 bits per heavy atom. The summed E-state index contributed by atoms with van der Waals surface area (Å²) >= 11 is 1.71. The number of phenolic OH excluding ortho intramolecular Hbond substituents is 1. The lowest BCUT2D eigenvalue weighted by Gasteiger charge is -2.08. The van der Waals surface area contributed by atoms with E-state index in [1.165, 1.54) is 4.90 Å². The molecule has 2 nitrogen and oxygen atoms in total. The van der Waals surface area contributed by atoms with Crippen molar-refractivity contribution < 1.29 is 9.90 Å². The highest BCUT2D eigenvalue weighted by Gasteiger charge is 2.06. The first-order valence-corrected chi connectivity index (χ1v) is 6.65. The van der Waals surface area contributed by atoms with Crippen molar-refractivity contribution >= 4 is 18.0 Å². The summed E-state index contributed by atoms with van der Waals surface area (Å²) in [5.74, 6) is 0.835. The number of carbonyl (C=O) groups is 1. The lowest BCUT2D eigenvalue weighted by molar-refractivity contribution is 0.112. The highest BCUT2D eigenvalue weighted by Crippen LogP contribution is 2.27. The quantitative estimate of drug-likeness (QED) is 0.669. The fourth-order valence-electron chi connectivity index (χ4n) is 1.69. The molecule has 0 heterocycles. The Labute approximate surface area is 111 Å². The molecule has 0 fully saturated rings.